The van der Waals surface area contributed by atoms with Gasteiger partial charge < -0.3 is 20.7 Å². The van der Waals surface area contributed by atoms with Crippen molar-refractivity contribution in [2.24, 2.45) is 11.7 Å². The highest BCUT2D eigenvalue weighted by Crippen LogP contribution is 2.22. The molecule has 0 radical (unpaired) electrons. The van der Waals surface area contributed by atoms with Crippen LogP contribution in [-0.4, -0.2) is 48.2 Å². The number of likely N-dealkylation sites (tertiary alicyclic amines) is 1. The third-order valence-corrected chi connectivity index (χ3v) is 5.09. The Morgan fingerprint density at radius 2 is 1.67 bits per heavy atom. The molecule has 0 aromatic heterocycles. The van der Waals surface area contributed by atoms with Crippen LogP contribution >= 0.6 is 0 Å². The summed E-state index contributed by atoms with van der Waals surface area (Å²) in [6.07, 6.45) is 7.69. The normalized spacial score (nSPS) is 26.6. The van der Waals surface area contributed by atoms with Crippen molar-refractivity contribution in [3.05, 3.63) is 0 Å². The Kier molecular flexibility index (Phi) is 7.34. The second-order valence-corrected chi connectivity index (χ2v) is 7.46. The van der Waals surface area contributed by atoms with Gasteiger partial charge in [0.15, 0.2) is 0 Å². The fourth-order valence-corrected chi connectivity index (χ4v) is 3.63. The van der Waals surface area contributed by atoms with Crippen LogP contribution in [0.5, 0.6) is 0 Å². The molecule has 1 aliphatic carbocycles. The van der Waals surface area contributed by atoms with Gasteiger partial charge in [-0.3, -0.25) is 4.79 Å². The molecule has 1 saturated heterocycles. The van der Waals surface area contributed by atoms with Gasteiger partial charge in [-0.15, -0.1) is 0 Å². The van der Waals surface area contributed by atoms with Crippen LogP contribution in [0.2, 0.25) is 0 Å². The van der Waals surface area contributed by atoms with Crippen molar-refractivity contribution in [3.63, 3.8) is 0 Å². The molecule has 2 rings (SSSR count). The highest BCUT2D eigenvalue weighted by Gasteiger charge is 2.30. The van der Waals surface area contributed by atoms with Gasteiger partial charge in [-0.1, -0.05) is 25.7 Å². The van der Waals surface area contributed by atoms with Crippen molar-refractivity contribution in [2.75, 3.05) is 13.1 Å². The van der Waals surface area contributed by atoms with Gasteiger partial charge in [0.05, 0.1) is 12.0 Å². The summed E-state index contributed by atoms with van der Waals surface area (Å²) in [7, 11) is 0. The molecule has 2 amide bonds. The average molecular weight is 339 g/mol. The number of amides is 2. The van der Waals surface area contributed by atoms with Crippen molar-refractivity contribution < 1.29 is 14.3 Å². The van der Waals surface area contributed by atoms with Gasteiger partial charge in [0.25, 0.3) is 0 Å². The van der Waals surface area contributed by atoms with E-state index in [0.29, 0.717) is 13.1 Å². The van der Waals surface area contributed by atoms with Gasteiger partial charge in [-0.2, -0.15) is 0 Å². The maximum absolute atomic E-state index is 12.6. The zero-order valence-corrected chi connectivity index (χ0v) is 15.1. The fourth-order valence-electron chi connectivity index (χ4n) is 3.63. The largest absolute Gasteiger partial charge is 0.447 e. The van der Waals surface area contributed by atoms with E-state index in [1.54, 1.807) is 4.90 Å². The van der Waals surface area contributed by atoms with Crippen molar-refractivity contribution >= 4 is 12.0 Å². The van der Waals surface area contributed by atoms with Crippen LogP contribution in [0.4, 0.5) is 4.79 Å². The Balaban J connectivity index is 1.78. The molecule has 3 N–H and O–H groups in total. The Morgan fingerprint density at radius 1 is 1.04 bits per heavy atom. The van der Waals surface area contributed by atoms with Crippen molar-refractivity contribution in [1.82, 2.24) is 10.2 Å². The summed E-state index contributed by atoms with van der Waals surface area (Å²) in [4.78, 5) is 26.2. The lowest BCUT2D eigenvalue weighted by Gasteiger charge is -2.33. The monoisotopic (exact) mass is 339 g/mol. The third kappa shape index (κ3) is 5.65. The molecule has 0 aromatic carbocycles. The molecule has 138 valence electrons. The molecule has 0 spiro atoms. The summed E-state index contributed by atoms with van der Waals surface area (Å²) in [6.45, 7) is 4.96. The summed E-state index contributed by atoms with van der Waals surface area (Å²) in [5.74, 6) is 0.0434. The first kappa shape index (κ1) is 19.0. The Morgan fingerprint density at radius 3 is 2.29 bits per heavy atom. The molecular weight excluding hydrogens is 306 g/mol. The molecule has 2 atom stereocenters. The van der Waals surface area contributed by atoms with Crippen LogP contribution in [0.15, 0.2) is 0 Å². The molecule has 6 nitrogen and oxygen atoms in total. The lowest BCUT2D eigenvalue weighted by Crippen LogP contribution is -2.50. The van der Waals surface area contributed by atoms with E-state index in [0.717, 1.165) is 38.5 Å². The van der Waals surface area contributed by atoms with Crippen LogP contribution in [0.3, 0.4) is 0 Å². The second-order valence-electron chi connectivity index (χ2n) is 7.46. The molecule has 2 fully saturated rings. The zero-order valence-electron chi connectivity index (χ0n) is 15.1. The van der Waals surface area contributed by atoms with Gasteiger partial charge in [0.2, 0.25) is 5.91 Å². The Bertz CT molecular complexity index is 420. The number of nitrogens with zero attached hydrogens (tertiary/aromatic N) is 1. The fraction of sp³-hybridized carbons (Fsp3) is 0.889. The van der Waals surface area contributed by atoms with Crippen LogP contribution < -0.4 is 11.1 Å². The van der Waals surface area contributed by atoms with E-state index >= 15 is 0 Å². The molecule has 1 heterocycles. The molecule has 1 saturated carbocycles. The average Bonchev–Trinajstić information content (AvgIpc) is 2.51. The number of hydrogen-bond donors (Lipinski definition) is 2. The summed E-state index contributed by atoms with van der Waals surface area (Å²) in [5, 5.41) is 3.17. The first-order valence-corrected chi connectivity index (χ1v) is 9.49. The first-order chi connectivity index (χ1) is 11.5. The SMILES string of the molecule is CC(C)OC(=O)N1CCC(NC(=O)[C@H]2CCCCCC[C@@H]2N)CC1. The van der Waals surface area contributed by atoms with Crippen molar-refractivity contribution in [1.29, 1.82) is 0 Å². The molecule has 0 unspecified atom stereocenters. The number of carbonyl (C=O) groups is 2. The number of rotatable bonds is 3. The zero-order chi connectivity index (χ0) is 17.5. The predicted octanol–water partition coefficient (Wildman–Crippen LogP) is 2.41. The van der Waals surface area contributed by atoms with E-state index in [2.05, 4.69) is 5.32 Å². The predicted molar refractivity (Wildman–Crippen MR) is 93.5 cm³/mol. The van der Waals surface area contributed by atoms with Gasteiger partial charge in [-0.05, 0) is 39.5 Å². The van der Waals surface area contributed by atoms with Crippen molar-refractivity contribution in [3.8, 4) is 0 Å². The van der Waals surface area contributed by atoms with Crippen LogP contribution in [0.1, 0.15) is 65.2 Å². The lowest BCUT2D eigenvalue weighted by atomic mass is 9.86. The van der Waals surface area contributed by atoms with E-state index in [1.165, 1.54) is 12.8 Å². The summed E-state index contributed by atoms with van der Waals surface area (Å²) in [6, 6.07) is 0.115. The van der Waals surface area contributed by atoms with E-state index in [-0.39, 0.29) is 36.1 Å². The van der Waals surface area contributed by atoms with E-state index in [9.17, 15) is 9.59 Å². The molecule has 0 bridgehead atoms. The standard InChI is InChI=1S/C18H33N3O3/c1-13(2)24-18(23)21-11-9-14(10-12-21)20-17(22)15-7-5-3-4-6-8-16(15)19/h13-16H,3-12,19H2,1-2H3,(H,20,22)/t15-,16-/m0/s1. The number of carbonyl (C=O) groups excluding carboxylic acids is 2. The van der Waals surface area contributed by atoms with Crippen LogP contribution in [0.25, 0.3) is 0 Å². The summed E-state index contributed by atoms with van der Waals surface area (Å²) in [5.41, 5.74) is 6.23. The number of nitrogens with two attached hydrogens (primary N) is 1. The molecule has 0 aromatic rings. The van der Waals surface area contributed by atoms with Gasteiger partial charge in [0, 0.05) is 25.2 Å². The van der Waals surface area contributed by atoms with E-state index in [1.807, 2.05) is 13.8 Å². The third-order valence-electron chi connectivity index (χ3n) is 5.09. The maximum atomic E-state index is 12.6. The highest BCUT2D eigenvalue weighted by atomic mass is 16.6. The quantitative estimate of drug-likeness (QED) is 0.827. The smallest absolute Gasteiger partial charge is 0.410 e. The first-order valence-electron chi connectivity index (χ1n) is 9.49. The lowest BCUT2D eigenvalue weighted by molar-refractivity contribution is -0.127. The maximum Gasteiger partial charge on any atom is 0.410 e. The molecule has 2 aliphatic rings. The highest BCUT2D eigenvalue weighted by molar-refractivity contribution is 5.79. The number of piperidine rings is 1. The van der Waals surface area contributed by atoms with E-state index < -0.39 is 0 Å². The minimum absolute atomic E-state index is 0.0218. The topological polar surface area (TPSA) is 84.7 Å². The Labute approximate surface area is 145 Å². The number of nitrogens with one attached hydrogen (secondary N) is 1. The molecular formula is C18H33N3O3. The van der Waals surface area contributed by atoms with Crippen LogP contribution in [0, 0.1) is 5.92 Å². The van der Waals surface area contributed by atoms with Gasteiger partial charge in [-0.25, -0.2) is 4.79 Å². The number of ether oxygens (including phenoxy) is 1. The number of hydrogen-bond acceptors (Lipinski definition) is 4. The minimum atomic E-state index is -0.253. The van der Waals surface area contributed by atoms with E-state index in [4.69, 9.17) is 10.5 Å². The summed E-state index contributed by atoms with van der Waals surface area (Å²) < 4.78 is 5.22. The molecule has 6 heteroatoms. The second kappa shape index (κ2) is 9.25. The van der Waals surface area contributed by atoms with Crippen LogP contribution in [-0.2, 0) is 9.53 Å². The minimum Gasteiger partial charge on any atom is -0.447 e. The summed E-state index contributed by atoms with van der Waals surface area (Å²) >= 11 is 0. The molecule has 1 aliphatic heterocycles. The van der Waals surface area contributed by atoms with Gasteiger partial charge in [0.1, 0.15) is 0 Å². The van der Waals surface area contributed by atoms with Crippen molar-refractivity contribution in [2.45, 2.75) is 83.4 Å². The Hall–Kier alpha value is -1.30. The van der Waals surface area contributed by atoms with Gasteiger partial charge >= 0.3 is 6.09 Å². The molecule has 24 heavy (non-hydrogen) atoms.